The van der Waals surface area contributed by atoms with Crippen molar-refractivity contribution < 1.29 is 50.1 Å². The van der Waals surface area contributed by atoms with Crippen LogP contribution >= 0.6 is 11.6 Å². The van der Waals surface area contributed by atoms with E-state index in [1.165, 1.54) is 19.9 Å². The van der Waals surface area contributed by atoms with Gasteiger partial charge in [0.1, 0.15) is 23.1 Å². The fourth-order valence-corrected chi connectivity index (χ4v) is 5.05. The Kier molecular flexibility index (Phi) is 8.21. The van der Waals surface area contributed by atoms with E-state index >= 15 is 0 Å². The van der Waals surface area contributed by atoms with Crippen molar-refractivity contribution in [3.8, 4) is 11.5 Å². The first-order valence-electron chi connectivity index (χ1n) is 11.4. The van der Waals surface area contributed by atoms with E-state index in [9.17, 15) is 40.6 Å². The Labute approximate surface area is 224 Å². The number of para-hydroxylation sites is 1. The third-order valence-corrected chi connectivity index (χ3v) is 7.31. The van der Waals surface area contributed by atoms with Crippen LogP contribution < -0.4 is 4.74 Å². The highest BCUT2D eigenvalue weighted by atomic mass is 35.5. The summed E-state index contributed by atoms with van der Waals surface area (Å²) < 4.78 is 101. The van der Waals surface area contributed by atoms with E-state index in [0.29, 0.717) is 23.1 Å². The molecule has 4 nitrogen and oxygen atoms in total. The number of allylic oxidation sites excluding steroid dienone is 2. The Morgan fingerprint density at radius 3 is 2.18 bits per heavy atom. The number of benzene rings is 2. The lowest BCUT2D eigenvalue weighted by atomic mass is 9.77. The average Bonchev–Trinajstić information content (AvgIpc) is 3.33. The second kappa shape index (κ2) is 10.5. The number of hydrogen-bond acceptors (Lipinski definition) is 3. The Hall–Kier alpha value is -3.05. The fourth-order valence-electron chi connectivity index (χ4n) is 4.87. The standard InChI is InChI=1S/C27H24ClF7O4/c1-4-19(16-9-8-12-18(13-16)39-17-10-6-5-7-11-17)25(22(36)37)20(23(25,2)3)14-21(28)26(31,32)38-15-24(29,30)27(33,34)35/h4-14,19-20H,1,15H2,2-3H3,(H,36,37). The monoisotopic (exact) mass is 580 g/mol. The Morgan fingerprint density at radius 2 is 1.64 bits per heavy atom. The number of aliphatic carboxylic acids is 1. The Balaban J connectivity index is 1.94. The van der Waals surface area contributed by atoms with Crippen molar-refractivity contribution in [3.63, 3.8) is 0 Å². The molecule has 212 valence electrons. The van der Waals surface area contributed by atoms with Crippen molar-refractivity contribution in [1.29, 1.82) is 0 Å². The van der Waals surface area contributed by atoms with E-state index in [-0.39, 0.29) is 0 Å². The molecule has 0 aliphatic heterocycles. The lowest BCUT2D eigenvalue weighted by Gasteiger charge is -2.25. The molecule has 0 radical (unpaired) electrons. The number of halogens is 8. The molecule has 3 atom stereocenters. The van der Waals surface area contributed by atoms with Crippen LogP contribution in [-0.4, -0.2) is 35.9 Å². The molecule has 0 aromatic heterocycles. The fraction of sp³-hybridized carbons (Fsp3) is 0.370. The molecule has 39 heavy (non-hydrogen) atoms. The number of carboxylic acid groups (broad SMARTS) is 1. The zero-order chi connectivity index (χ0) is 29.4. The van der Waals surface area contributed by atoms with Gasteiger partial charge < -0.3 is 14.6 Å². The predicted molar refractivity (Wildman–Crippen MR) is 129 cm³/mol. The van der Waals surface area contributed by atoms with Crippen LogP contribution in [0.2, 0.25) is 0 Å². The van der Waals surface area contributed by atoms with Crippen LogP contribution in [0.15, 0.2) is 78.4 Å². The molecule has 0 saturated heterocycles. The maximum Gasteiger partial charge on any atom is 0.455 e. The first kappa shape index (κ1) is 30.5. The highest BCUT2D eigenvalue weighted by molar-refractivity contribution is 6.30. The summed E-state index contributed by atoms with van der Waals surface area (Å²) in [6.07, 6.45) is -8.90. The molecule has 0 heterocycles. The summed E-state index contributed by atoms with van der Waals surface area (Å²) in [7, 11) is 0. The number of hydrogen-bond donors (Lipinski definition) is 1. The van der Waals surface area contributed by atoms with Gasteiger partial charge in [-0.05, 0) is 35.2 Å². The van der Waals surface area contributed by atoms with Gasteiger partial charge in [0.25, 0.3) is 0 Å². The molecule has 1 fully saturated rings. The van der Waals surface area contributed by atoms with E-state index in [4.69, 9.17) is 16.3 Å². The minimum Gasteiger partial charge on any atom is -0.481 e. The summed E-state index contributed by atoms with van der Waals surface area (Å²) in [5.41, 5.74) is -2.60. The molecule has 0 bridgehead atoms. The third kappa shape index (κ3) is 5.65. The Morgan fingerprint density at radius 1 is 1.05 bits per heavy atom. The molecule has 1 aliphatic rings. The van der Waals surface area contributed by atoms with E-state index < -0.39 is 58.5 Å². The number of carbonyl (C=O) groups is 1. The predicted octanol–water partition coefficient (Wildman–Crippen LogP) is 8.41. The maximum atomic E-state index is 14.4. The van der Waals surface area contributed by atoms with Crippen LogP contribution in [0, 0.1) is 16.7 Å². The summed E-state index contributed by atoms with van der Waals surface area (Å²) in [4.78, 5) is 12.7. The van der Waals surface area contributed by atoms with Gasteiger partial charge in [0, 0.05) is 11.8 Å². The molecule has 2 aromatic rings. The van der Waals surface area contributed by atoms with Crippen molar-refractivity contribution in [2.24, 2.45) is 16.7 Å². The van der Waals surface area contributed by atoms with E-state index in [2.05, 4.69) is 11.3 Å². The van der Waals surface area contributed by atoms with E-state index in [1.54, 1.807) is 54.6 Å². The molecular formula is C27H24ClF7O4. The minimum atomic E-state index is -6.12. The van der Waals surface area contributed by atoms with Crippen LogP contribution in [0.5, 0.6) is 11.5 Å². The van der Waals surface area contributed by atoms with Crippen LogP contribution in [-0.2, 0) is 9.53 Å². The van der Waals surface area contributed by atoms with E-state index in [1.807, 2.05) is 0 Å². The van der Waals surface area contributed by atoms with Gasteiger partial charge in [0.05, 0.1) is 5.41 Å². The van der Waals surface area contributed by atoms with Gasteiger partial charge in [-0.3, -0.25) is 4.79 Å². The molecule has 2 aromatic carbocycles. The van der Waals surface area contributed by atoms with Gasteiger partial charge in [-0.1, -0.05) is 67.9 Å². The lowest BCUT2D eigenvalue weighted by molar-refractivity contribution is -0.323. The lowest BCUT2D eigenvalue weighted by Crippen LogP contribution is -2.43. The summed E-state index contributed by atoms with van der Waals surface area (Å²) in [6.45, 7) is 3.99. The number of carboxylic acids is 1. The zero-order valence-electron chi connectivity index (χ0n) is 20.6. The third-order valence-electron chi connectivity index (χ3n) is 6.97. The van der Waals surface area contributed by atoms with Gasteiger partial charge in [0.15, 0.2) is 0 Å². The van der Waals surface area contributed by atoms with Gasteiger partial charge >= 0.3 is 24.2 Å². The largest absolute Gasteiger partial charge is 0.481 e. The smallest absolute Gasteiger partial charge is 0.455 e. The van der Waals surface area contributed by atoms with Gasteiger partial charge in [-0.15, -0.1) is 6.58 Å². The number of ether oxygens (including phenoxy) is 2. The maximum absolute atomic E-state index is 14.4. The number of rotatable bonds is 11. The van der Waals surface area contributed by atoms with Crippen LogP contribution in [0.3, 0.4) is 0 Å². The average molecular weight is 581 g/mol. The summed E-state index contributed by atoms with van der Waals surface area (Å²) in [5.74, 6) is -8.26. The first-order valence-corrected chi connectivity index (χ1v) is 11.8. The van der Waals surface area contributed by atoms with Crippen molar-refractivity contribution in [3.05, 3.63) is 83.9 Å². The van der Waals surface area contributed by atoms with Crippen LogP contribution in [0.25, 0.3) is 0 Å². The van der Waals surface area contributed by atoms with E-state index in [0.717, 1.165) is 0 Å². The van der Waals surface area contributed by atoms with Crippen molar-refractivity contribution in [2.75, 3.05) is 6.61 Å². The van der Waals surface area contributed by atoms with Gasteiger partial charge in [-0.2, -0.15) is 30.7 Å². The molecule has 3 unspecified atom stereocenters. The molecular weight excluding hydrogens is 557 g/mol. The molecule has 12 heteroatoms. The van der Waals surface area contributed by atoms with Crippen molar-refractivity contribution >= 4 is 17.6 Å². The van der Waals surface area contributed by atoms with Gasteiger partial charge in [0.2, 0.25) is 0 Å². The second-order valence-electron chi connectivity index (χ2n) is 9.60. The summed E-state index contributed by atoms with van der Waals surface area (Å²) in [5, 5.41) is 8.78. The summed E-state index contributed by atoms with van der Waals surface area (Å²) in [6, 6.07) is 15.1. The molecule has 3 rings (SSSR count). The second-order valence-corrected chi connectivity index (χ2v) is 10.0. The topological polar surface area (TPSA) is 55.8 Å². The normalized spacial score (nSPS) is 22.2. The zero-order valence-corrected chi connectivity index (χ0v) is 21.4. The SMILES string of the molecule is C=CC(c1cccc(Oc2ccccc2)c1)C1(C(=O)O)C(C=C(Cl)C(F)(F)OCC(F)(F)C(F)(F)F)C1(C)C. The van der Waals surface area contributed by atoms with Gasteiger partial charge in [-0.25, -0.2) is 0 Å². The molecule has 1 N–H and O–H groups in total. The number of alkyl halides is 7. The molecule has 0 spiro atoms. The van der Waals surface area contributed by atoms with Crippen LogP contribution in [0.1, 0.15) is 25.3 Å². The van der Waals surface area contributed by atoms with Crippen molar-refractivity contribution in [1.82, 2.24) is 0 Å². The summed E-state index contributed by atoms with van der Waals surface area (Å²) >= 11 is 5.64. The highest BCUT2D eigenvalue weighted by Gasteiger charge is 2.77. The quantitative estimate of drug-likeness (QED) is 0.214. The van der Waals surface area contributed by atoms with Crippen molar-refractivity contribution in [2.45, 2.75) is 38.0 Å². The molecule has 0 amide bonds. The molecule has 1 aliphatic carbocycles. The molecule has 1 saturated carbocycles. The first-order chi connectivity index (χ1) is 17.9. The van der Waals surface area contributed by atoms with Crippen LogP contribution in [0.4, 0.5) is 30.7 Å². The minimum absolute atomic E-state index is 0.361. The highest BCUT2D eigenvalue weighted by Crippen LogP contribution is 2.76. The Bertz CT molecular complexity index is 1240.